The van der Waals surface area contributed by atoms with Gasteiger partial charge in [0.05, 0.1) is 0 Å². The van der Waals surface area contributed by atoms with Gasteiger partial charge in [0.15, 0.2) is 0 Å². The van der Waals surface area contributed by atoms with Gasteiger partial charge in [0.2, 0.25) is 5.96 Å². The Bertz CT molecular complexity index is 1260. The van der Waals surface area contributed by atoms with Crippen molar-refractivity contribution >= 4 is 44.4 Å². The van der Waals surface area contributed by atoms with Crippen molar-refractivity contribution in [1.82, 2.24) is 10.3 Å². The van der Waals surface area contributed by atoms with E-state index in [1.807, 2.05) is 42.6 Å². The van der Waals surface area contributed by atoms with Crippen molar-refractivity contribution in [2.75, 3.05) is 11.9 Å². The number of benzene rings is 3. The van der Waals surface area contributed by atoms with Crippen LogP contribution >= 0.6 is 15.9 Å². The van der Waals surface area contributed by atoms with Gasteiger partial charge in [-0.1, -0.05) is 59.3 Å². The molecule has 32 heavy (non-hydrogen) atoms. The SMILES string of the molecule is CCc1cccc(NC(=NCCc2c[nH]c3ccccc23)NC(=O)c2cccc(Br)c2)c1. The Morgan fingerprint density at radius 1 is 1.03 bits per heavy atom. The molecule has 3 aromatic carbocycles. The van der Waals surface area contributed by atoms with Gasteiger partial charge in [-0.15, -0.1) is 0 Å². The van der Waals surface area contributed by atoms with E-state index in [2.05, 4.69) is 62.7 Å². The second kappa shape index (κ2) is 10.3. The lowest BCUT2D eigenvalue weighted by atomic mass is 10.1. The zero-order chi connectivity index (χ0) is 22.3. The van der Waals surface area contributed by atoms with Gasteiger partial charge in [-0.25, -0.2) is 0 Å². The fraction of sp³-hybridized carbons (Fsp3) is 0.154. The molecule has 1 amide bonds. The number of hydrogen-bond acceptors (Lipinski definition) is 2. The van der Waals surface area contributed by atoms with Gasteiger partial charge in [0.25, 0.3) is 5.91 Å². The highest BCUT2D eigenvalue weighted by Gasteiger charge is 2.10. The number of nitrogens with one attached hydrogen (secondary N) is 3. The molecule has 0 spiro atoms. The van der Waals surface area contributed by atoms with Crippen LogP contribution in [0.2, 0.25) is 0 Å². The molecular weight excluding hydrogens is 464 g/mol. The third kappa shape index (κ3) is 5.45. The minimum atomic E-state index is -0.212. The fourth-order valence-electron chi connectivity index (χ4n) is 3.55. The molecule has 5 nitrogen and oxygen atoms in total. The molecule has 4 rings (SSSR count). The maximum absolute atomic E-state index is 12.8. The van der Waals surface area contributed by atoms with E-state index in [1.165, 1.54) is 16.5 Å². The smallest absolute Gasteiger partial charge is 0.257 e. The lowest BCUT2D eigenvalue weighted by Crippen LogP contribution is -2.36. The summed E-state index contributed by atoms with van der Waals surface area (Å²) in [5, 5.41) is 7.42. The van der Waals surface area contributed by atoms with Gasteiger partial charge in [0, 0.05) is 39.4 Å². The van der Waals surface area contributed by atoms with E-state index in [-0.39, 0.29) is 5.91 Å². The number of nitrogens with zero attached hydrogens (tertiary/aromatic N) is 1. The van der Waals surface area contributed by atoms with Gasteiger partial charge in [-0.3, -0.25) is 15.1 Å². The highest BCUT2D eigenvalue weighted by molar-refractivity contribution is 9.10. The summed E-state index contributed by atoms with van der Waals surface area (Å²) in [5.41, 5.74) is 4.99. The number of para-hydroxylation sites is 1. The fourth-order valence-corrected chi connectivity index (χ4v) is 3.95. The topological polar surface area (TPSA) is 69.3 Å². The van der Waals surface area contributed by atoms with E-state index < -0.39 is 0 Å². The van der Waals surface area contributed by atoms with E-state index in [0.717, 1.165) is 28.5 Å². The number of amides is 1. The Labute approximate surface area is 196 Å². The summed E-state index contributed by atoms with van der Waals surface area (Å²) in [6, 6.07) is 23.6. The molecule has 1 aromatic heterocycles. The third-order valence-corrected chi connectivity index (χ3v) is 5.74. The first-order valence-electron chi connectivity index (χ1n) is 10.6. The van der Waals surface area contributed by atoms with E-state index >= 15 is 0 Å². The summed E-state index contributed by atoms with van der Waals surface area (Å²) in [7, 11) is 0. The van der Waals surface area contributed by atoms with Crippen LogP contribution in [-0.2, 0) is 12.8 Å². The van der Waals surface area contributed by atoms with Crippen molar-refractivity contribution in [2.24, 2.45) is 4.99 Å². The highest BCUT2D eigenvalue weighted by Crippen LogP contribution is 2.18. The summed E-state index contributed by atoms with van der Waals surface area (Å²) >= 11 is 3.42. The van der Waals surface area contributed by atoms with Crippen LogP contribution in [0.3, 0.4) is 0 Å². The van der Waals surface area contributed by atoms with Crippen molar-refractivity contribution in [3.8, 4) is 0 Å². The lowest BCUT2D eigenvalue weighted by Gasteiger charge is -2.13. The number of H-pyrrole nitrogens is 1. The zero-order valence-corrected chi connectivity index (χ0v) is 19.4. The van der Waals surface area contributed by atoms with Crippen LogP contribution in [0.1, 0.15) is 28.4 Å². The summed E-state index contributed by atoms with van der Waals surface area (Å²) in [6.45, 7) is 2.65. The van der Waals surface area contributed by atoms with Crippen LogP contribution in [0.15, 0.2) is 88.5 Å². The second-order valence-electron chi connectivity index (χ2n) is 7.48. The number of guanidine groups is 1. The Hall–Kier alpha value is -3.38. The lowest BCUT2D eigenvalue weighted by molar-refractivity contribution is 0.0977. The Morgan fingerprint density at radius 3 is 2.72 bits per heavy atom. The minimum absolute atomic E-state index is 0.212. The molecule has 0 unspecified atom stereocenters. The average molecular weight is 489 g/mol. The van der Waals surface area contributed by atoms with Crippen molar-refractivity contribution in [3.05, 3.63) is 100 Å². The molecule has 0 aliphatic rings. The number of aromatic nitrogens is 1. The molecule has 3 N–H and O–H groups in total. The molecule has 0 radical (unpaired) electrons. The molecule has 0 aliphatic heterocycles. The number of rotatable bonds is 6. The van der Waals surface area contributed by atoms with Gasteiger partial charge in [-0.05, 0) is 60.4 Å². The van der Waals surface area contributed by atoms with E-state index in [4.69, 9.17) is 4.99 Å². The van der Waals surface area contributed by atoms with E-state index in [0.29, 0.717) is 18.1 Å². The van der Waals surface area contributed by atoms with Gasteiger partial charge >= 0.3 is 0 Å². The van der Waals surface area contributed by atoms with Crippen molar-refractivity contribution in [1.29, 1.82) is 0 Å². The maximum Gasteiger partial charge on any atom is 0.257 e. The Balaban J connectivity index is 1.53. The summed E-state index contributed by atoms with van der Waals surface area (Å²) in [4.78, 5) is 20.8. The standard InChI is InChI=1S/C26H25BrN4O/c1-2-18-7-5-10-22(15-18)30-26(31-25(32)19-8-6-9-21(27)16-19)28-14-13-20-17-29-24-12-4-3-11-23(20)24/h3-12,15-17,29H,2,13-14H2,1H3,(H2,28,30,31,32). The third-order valence-electron chi connectivity index (χ3n) is 5.24. The number of fused-ring (bicyclic) bond motifs is 1. The monoisotopic (exact) mass is 488 g/mol. The molecule has 0 saturated carbocycles. The van der Waals surface area contributed by atoms with Crippen LogP contribution in [0, 0.1) is 0 Å². The number of aromatic amines is 1. The molecule has 6 heteroatoms. The largest absolute Gasteiger partial charge is 0.361 e. The number of anilines is 1. The molecule has 0 atom stereocenters. The van der Waals surface area contributed by atoms with Crippen LogP contribution in [-0.4, -0.2) is 23.4 Å². The van der Waals surface area contributed by atoms with Crippen LogP contribution in [0.4, 0.5) is 5.69 Å². The van der Waals surface area contributed by atoms with Gasteiger partial charge in [-0.2, -0.15) is 0 Å². The van der Waals surface area contributed by atoms with Gasteiger partial charge < -0.3 is 10.3 Å². The molecule has 0 aliphatic carbocycles. The van der Waals surface area contributed by atoms with Crippen LogP contribution < -0.4 is 10.6 Å². The Morgan fingerprint density at radius 2 is 1.88 bits per heavy atom. The molecule has 0 saturated heterocycles. The number of carbonyl (C=O) groups excluding carboxylic acids is 1. The average Bonchev–Trinajstić information content (AvgIpc) is 3.22. The summed E-state index contributed by atoms with van der Waals surface area (Å²) in [6.07, 6.45) is 3.72. The highest BCUT2D eigenvalue weighted by atomic mass is 79.9. The normalized spacial score (nSPS) is 11.5. The van der Waals surface area contributed by atoms with Gasteiger partial charge in [0.1, 0.15) is 0 Å². The molecular formula is C26H25BrN4O. The first kappa shape index (κ1) is 21.8. The van der Waals surface area contributed by atoms with Crippen LogP contribution in [0.25, 0.3) is 10.9 Å². The molecule has 1 heterocycles. The second-order valence-corrected chi connectivity index (χ2v) is 8.40. The minimum Gasteiger partial charge on any atom is -0.361 e. The molecule has 0 bridgehead atoms. The Kier molecular flexibility index (Phi) is 7.02. The number of aliphatic imine (C=N–C) groups is 1. The summed E-state index contributed by atoms with van der Waals surface area (Å²) in [5.74, 6) is 0.222. The van der Waals surface area contributed by atoms with Crippen LogP contribution in [0.5, 0.6) is 0 Å². The number of hydrogen-bond donors (Lipinski definition) is 3. The number of halogens is 1. The predicted octanol–water partition coefficient (Wildman–Crippen LogP) is 5.93. The van der Waals surface area contributed by atoms with Crippen molar-refractivity contribution in [3.63, 3.8) is 0 Å². The summed E-state index contributed by atoms with van der Waals surface area (Å²) < 4.78 is 0.853. The molecule has 4 aromatic rings. The number of aryl methyl sites for hydroxylation is 1. The molecule has 0 fully saturated rings. The quantitative estimate of drug-likeness (QED) is 0.232. The van der Waals surface area contributed by atoms with E-state index in [1.54, 1.807) is 12.1 Å². The predicted molar refractivity (Wildman–Crippen MR) is 135 cm³/mol. The van der Waals surface area contributed by atoms with Crippen molar-refractivity contribution < 1.29 is 4.79 Å². The zero-order valence-electron chi connectivity index (χ0n) is 17.9. The maximum atomic E-state index is 12.8. The number of carbonyl (C=O) groups is 1. The first-order chi connectivity index (χ1) is 15.6. The van der Waals surface area contributed by atoms with E-state index in [9.17, 15) is 4.79 Å². The van der Waals surface area contributed by atoms with Crippen molar-refractivity contribution in [2.45, 2.75) is 19.8 Å². The molecule has 162 valence electrons. The first-order valence-corrected chi connectivity index (χ1v) is 11.4.